The number of hydrogen-bond donors (Lipinski definition) is 1. The Morgan fingerprint density at radius 1 is 1.14 bits per heavy atom. The molecule has 0 spiro atoms. The van der Waals surface area contributed by atoms with Crippen LogP contribution in [-0.2, 0) is 11.3 Å². The highest BCUT2D eigenvalue weighted by Crippen LogP contribution is 2.31. The van der Waals surface area contributed by atoms with Crippen molar-refractivity contribution in [1.82, 2.24) is 9.55 Å². The van der Waals surface area contributed by atoms with Gasteiger partial charge < -0.3 is 5.32 Å². The number of nitrogens with one attached hydrogen (secondary N) is 1. The number of aryl methyl sites for hydroxylation is 2. The standard InChI is InChI=1S/C22H18ClN3O2S/c1-13-3-8-17(9-14(13)2)25-19(27)10-26-12-24-20-18(11-29-21(20)22(26)28)15-4-6-16(23)7-5-15/h3-9,11-12H,10H2,1-2H3,(H,25,27). The van der Waals surface area contributed by atoms with Gasteiger partial charge in [0.1, 0.15) is 11.2 Å². The van der Waals surface area contributed by atoms with E-state index < -0.39 is 0 Å². The van der Waals surface area contributed by atoms with Crippen LogP contribution in [0.2, 0.25) is 5.02 Å². The second-order valence-electron chi connectivity index (χ2n) is 6.86. The monoisotopic (exact) mass is 423 g/mol. The molecule has 1 N–H and O–H groups in total. The molecule has 2 heterocycles. The molecule has 0 radical (unpaired) electrons. The van der Waals surface area contributed by atoms with Crippen molar-refractivity contribution in [3.8, 4) is 11.1 Å². The number of thiophene rings is 1. The minimum atomic E-state index is -0.272. The Hall–Kier alpha value is -2.96. The van der Waals surface area contributed by atoms with Crippen LogP contribution in [0, 0.1) is 13.8 Å². The third kappa shape index (κ3) is 3.95. The third-order valence-electron chi connectivity index (χ3n) is 4.81. The molecule has 5 nitrogen and oxygen atoms in total. The lowest BCUT2D eigenvalue weighted by atomic mass is 10.1. The lowest BCUT2D eigenvalue weighted by Crippen LogP contribution is -2.27. The Labute approximate surface area is 176 Å². The van der Waals surface area contributed by atoms with Crippen molar-refractivity contribution in [2.45, 2.75) is 20.4 Å². The van der Waals surface area contributed by atoms with E-state index in [9.17, 15) is 9.59 Å². The number of halogens is 1. The van der Waals surface area contributed by atoms with Crippen molar-refractivity contribution in [3.63, 3.8) is 0 Å². The molecule has 0 fully saturated rings. The number of carbonyl (C=O) groups is 1. The van der Waals surface area contributed by atoms with E-state index in [1.165, 1.54) is 22.2 Å². The highest BCUT2D eigenvalue weighted by atomic mass is 35.5. The van der Waals surface area contributed by atoms with Gasteiger partial charge in [-0.05, 0) is 54.8 Å². The minimum Gasteiger partial charge on any atom is -0.325 e. The van der Waals surface area contributed by atoms with Gasteiger partial charge in [-0.3, -0.25) is 14.2 Å². The van der Waals surface area contributed by atoms with Crippen LogP contribution in [0.25, 0.3) is 21.3 Å². The number of hydrogen-bond acceptors (Lipinski definition) is 4. The average Bonchev–Trinajstić information content (AvgIpc) is 3.12. The molecule has 0 atom stereocenters. The largest absolute Gasteiger partial charge is 0.325 e. The number of carbonyl (C=O) groups excluding carboxylic acids is 1. The van der Waals surface area contributed by atoms with Crippen molar-refractivity contribution in [2.24, 2.45) is 0 Å². The van der Waals surface area contributed by atoms with E-state index in [2.05, 4.69) is 10.3 Å². The van der Waals surface area contributed by atoms with Gasteiger partial charge >= 0.3 is 0 Å². The van der Waals surface area contributed by atoms with E-state index in [1.807, 2.05) is 49.6 Å². The van der Waals surface area contributed by atoms with Gasteiger partial charge in [-0.1, -0.05) is 29.8 Å². The molecule has 1 amide bonds. The maximum Gasteiger partial charge on any atom is 0.271 e. The fourth-order valence-electron chi connectivity index (χ4n) is 3.06. The Morgan fingerprint density at radius 2 is 1.90 bits per heavy atom. The van der Waals surface area contributed by atoms with Crippen molar-refractivity contribution in [3.05, 3.63) is 80.7 Å². The summed E-state index contributed by atoms with van der Waals surface area (Å²) in [5, 5.41) is 5.39. The summed E-state index contributed by atoms with van der Waals surface area (Å²) in [5.41, 5.74) is 5.19. The first-order valence-electron chi connectivity index (χ1n) is 9.02. The molecule has 0 unspecified atom stereocenters. The summed E-state index contributed by atoms with van der Waals surface area (Å²) < 4.78 is 1.86. The predicted octanol–water partition coefficient (Wildman–Crippen LogP) is 5.03. The van der Waals surface area contributed by atoms with Gasteiger partial charge in [0.25, 0.3) is 5.56 Å². The second kappa shape index (κ2) is 7.81. The minimum absolute atomic E-state index is 0.0944. The first-order valence-corrected chi connectivity index (χ1v) is 10.3. The summed E-state index contributed by atoms with van der Waals surface area (Å²) in [5.74, 6) is -0.272. The van der Waals surface area contributed by atoms with Crippen LogP contribution in [0.5, 0.6) is 0 Å². The first-order chi connectivity index (χ1) is 13.9. The van der Waals surface area contributed by atoms with Crippen LogP contribution in [0.3, 0.4) is 0 Å². The lowest BCUT2D eigenvalue weighted by molar-refractivity contribution is -0.116. The van der Waals surface area contributed by atoms with Gasteiger partial charge in [0, 0.05) is 21.7 Å². The van der Waals surface area contributed by atoms with Crippen molar-refractivity contribution < 1.29 is 4.79 Å². The molecule has 0 aliphatic rings. The Bertz CT molecular complexity index is 1280. The average molecular weight is 424 g/mol. The molecule has 2 aromatic heterocycles. The number of fused-ring (bicyclic) bond motifs is 1. The summed E-state index contributed by atoms with van der Waals surface area (Å²) in [6.45, 7) is 3.91. The number of nitrogens with zero attached hydrogens (tertiary/aromatic N) is 2. The van der Waals surface area contributed by atoms with E-state index >= 15 is 0 Å². The third-order valence-corrected chi connectivity index (χ3v) is 6.02. The smallest absolute Gasteiger partial charge is 0.271 e. The molecule has 7 heteroatoms. The van der Waals surface area contributed by atoms with Gasteiger partial charge in [-0.25, -0.2) is 4.98 Å². The predicted molar refractivity (Wildman–Crippen MR) is 119 cm³/mol. The van der Waals surface area contributed by atoms with Gasteiger partial charge in [-0.2, -0.15) is 0 Å². The fraction of sp³-hybridized carbons (Fsp3) is 0.136. The van der Waals surface area contributed by atoms with E-state index in [4.69, 9.17) is 11.6 Å². The summed E-state index contributed by atoms with van der Waals surface area (Å²) >= 11 is 7.28. The van der Waals surface area contributed by atoms with Crippen LogP contribution in [0.1, 0.15) is 11.1 Å². The molecule has 4 rings (SSSR count). The molecular formula is C22H18ClN3O2S. The second-order valence-corrected chi connectivity index (χ2v) is 8.17. The van der Waals surface area contributed by atoms with Crippen LogP contribution in [0.15, 0.2) is 59.0 Å². The maximum absolute atomic E-state index is 12.8. The molecule has 0 saturated heterocycles. The summed E-state index contributed by atoms with van der Waals surface area (Å²) in [6, 6.07) is 13.1. The SMILES string of the molecule is Cc1ccc(NC(=O)Cn2cnc3c(-c4ccc(Cl)cc4)csc3c2=O)cc1C. The molecule has 0 bridgehead atoms. The molecule has 0 aliphatic carbocycles. The molecule has 2 aromatic carbocycles. The fourth-order valence-corrected chi connectivity index (χ4v) is 4.16. The Balaban J connectivity index is 1.59. The summed E-state index contributed by atoms with van der Waals surface area (Å²) in [7, 11) is 0. The number of rotatable bonds is 4. The summed E-state index contributed by atoms with van der Waals surface area (Å²) in [6.07, 6.45) is 1.43. The Morgan fingerprint density at radius 3 is 2.62 bits per heavy atom. The van der Waals surface area contributed by atoms with Gasteiger partial charge in [-0.15, -0.1) is 11.3 Å². The molecular weight excluding hydrogens is 406 g/mol. The number of anilines is 1. The van der Waals surface area contributed by atoms with E-state index in [0.717, 1.165) is 22.3 Å². The van der Waals surface area contributed by atoms with E-state index in [-0.39, 0.29) is 18.0 Å². The number of amides is 1. The number of aromatic nitrogens is 2. The normalized spacial score (nSPS) is 11.0. The van der Waals surface area contributed by atoms with Crippen LogP contribution < -0.4 is 10.9 Å². The van der Waals surface area contributed by atoms with Crippen molar-refractivity contribution in [2.75, 3.05) is 5.32 Å². The molecule has 0 saturated carbocycles. The van der Waals surface area contributed by atoms with E-state index in [0.29, 0.717) is 20.9 Å². The molecule has 4 aromatic rings. The highest BCUT2D eigenvalue weighted by molar-refractivity contribution is 7.17. The maximum atomic E-state index is 12.8. The number of benzene rings is 2. The molecule has 146 valence electrons. The van der Waals surface area contributed by atoms with Crippen LogP contribution in [-0.4, -0.2) is 15.5 Å². The highest BCUT2D eigenvalue weighted by Gasteiger charge is 2.14. The quantitative estimate of drug-likeness (QED) is 0.500. The van der Waals surface area contributed by atoms with Crippen LogP contribution >= 0.6 is 22.9 Å². The van der Waals surface area contributed by atoms with Crippen molar-refractivity contribution >= 4 is 44.7 Å². The van der Waals surface area contributed by atoms with E-state index in [1.54, 1.807) is 12.1 Å². The molecule has 0 aliphatic heterocycles. The summed E-state index contributed by atoms with van der Waals surface area (Å²) in [4.78, 5) is 29.7. The van der Waals surface area contributed by atoms with Gasteiger partial charge in [0.2, 0.25) is 5.91 Å². The zero-order valence-electron chi connectivity index (χ0n) is 15.9. The van der Waals surface area contributed by atoms with Crippen molar-refractivity contribution in [1.29, 1.82) is 0 Å². The molecule has 29 heavy (non-hydrogen) atoms. The van der Waals surface area contributed by atoms with Crippen LogP contribution in [0.4, 0.5) is 5.69 Å². The van der Waals surface area contributed by atoms with Gasteiger partial charge in [0.15, 0.2) is 0 Å². The Kier molecular flexibility index (Phi) is 5.22. The lowest BCUT2D eigenvalue weighted by Gasteiger charge is -2.09. The first kappa shape index (κ1) is 19.4. The topological polar surface area (TPSA) is 64.0 Å². The van der Waals surface area contributed by atoms with Gasteiger partial charge in [0.05, 0.1) is 11.8 Å². The zero-order chi connectivity index (χ0) is 20.5. The zero-order valence-corrected chi connectivity index (χ0v) is 17.5.